The topological polar surface area (TPSA) is 104 Å². The number of rotatable bonds is 6. The first kappa shape index (κ1) is 20.9. The van der Waals surface area contributed by atoms with E-state index in [0.29, 0.717) is 24.3 Å². The number of alkyl halides is 3. The second kappa shape index (κ2) is 7.11. The Hall–Kier alpha value is -2.36. The predicted molar refractivity (Wildman–Crippen MR) is 102 cm³/mol. The fourth-order valence-corrected chi connectivity index (χ4v) is 6.05. The van der Waals surface area contributed by atoms with Gasteiger partial charge in [-0.3, -0.25) is 14.9 Å². The third-order valence-electron chi connectivity index (χ3n) is 6.76. The summed E-state index contributed by atoms with van der Waals surface area (Å²) in [7, 11) is 0. The molecule has 1 amide bonds. The van der Waals surface area contributed by atoms with Crippen LogP contribution in [0.5, 0.6) is 0 Å². The van der Waals surface area contributed by atoms with Crippen molar-refractivity contribution in [1.82, 2.24) is 5.32 Å². The maximum Gasteiger partial charge on any atom is 0.416 e. The number of hydrogen-bond donors (Lipinski definition) is 3. The molecule has 0 spiro atoms. The van der Waals surface area contributed by atoms with Crippen molar-refractivity contribution in [2.24, 2.45) is 17.3 Å². The molecule has 0 heterocycles. The summed E-state index contributed by atoms with van der Waals surface area (Å²) in [5.74, 6) is 0.628. The molecule has 30 heavy (non-hydrogen) atoms. The molecular weight excluding hydrogens is 403 g/mol. The van der Waals surface area contributed by atoms with Crippen LogP contribution in [0.15, 0.2) is 18.2 Å². The second-order valence-electron chi connectivity index (χ2n) is 9.14. The molecule has 0 aliphatic heterocycles. The van der Waals surface area contributed by atoms with Crippen molar-refractivity contribution in [3.8, 4) is 0 Å². The third-order valence-corrected chi connectivity index (χ3v) is 6.76. The van der Waals surface area contributed by atoms with Crippen LogP contribution in [0.3, 0.4) is 0 Å². The van der Waals surface area contributed by atoms with Crippen molar-refractivity contribution < 1.29 is 28.0 Å². The Labute approximate surface area is 171 Å². The zero-order valence-electron chi connectivity index (χ0n) is 16.3. The van der Waals surface area contributed by atoms with Gasteiger partial charge in [0.2, 0.25) is 5.91 Å². The first-order valence-corrected chi connectivity index (χ1v) is 10.1. The number of halogens is 3. The van der Waals surface area contributed by atoms with Crippen molar-refractivity contribution >= 4 is 17.3 Å². The lowest BCUT2D eigenvalue weighted by molar-refractivity contribution is -0.384. The highest BCUT2D eigenvalue weighted by molar-refractivity contribution is 5.83. The molecule has 4 fully saturated rings. The average molecular weight is 427 g/mol. The minimum absolute atomic E-state index is 0.0358. The summed E-state index contributed by atoms with van der Waals surface area (Å²) < 4.78 is 38.4. The molecule has 1 aromatic rings. The number of amides is 1. The van der Waals surface area contributed by atoms with E-state index in [9.17, 15) is 33.2 Å². The first-order valence-electron chi connectivity index (χ1n) is 10.1. The summed E-state index contributed by atoms with van der Waals surface area (Å²) in [5, 5.41) is 27.5. The summed E-state index contributed by atoms with van der Waals surface area (Å²) in [6.07, 6.45) is -0.0629. The smallest absolute Gasteiger partial charge is 0.390 e. The standard InChI is InChI=1S/C20H24F3N3O4/c21-20(22,23)14-1-2-15(16(6-14)26(29)30)24-3-4-25-17(27)18-7-12-5-13(8-18)10-19(28,9-12)11-18/h1-2,6,12-13,24,28H,3-5,7-11H2,(H,25,27)/t12-,13-,18?,19?/m1/s1. The van der Waals surface area contributed by atoms with Crippen LogP contribution >= 0.6 is 0 Å². The van der Waals surface area contributed by atoms with E-state index in [1.165, 1.54) is 0 Å². The van der Waals surface area contributed by atoms with E-state index >= 15 is 0 Å². The number of nitro groups is 1. The number of nitrogens with one attached hydrogen (secondary N) is 2. The van der Waals surface area contributed by atoms with Gasteiger partial charge in [-0.05, 0) is 62.5 Å². The molecule has 5 rings (SSSR count). The van der Waals surface area contributed by atoms with Gasteiger partial charge in [0.25, 0.3) is 5.69 Å². The number of nitro benzene ring substituents is 1. The minimum atomic E-state index is -4.67. The zero-order chi connectivity index (χ0) is 21.7. The highest BCUT2D eigenvalue weighted by Gasteiger charge is 2.60. The average Bonchev–Trinajstić information content (AvgIpc) is 2.62. The van der Waals surface area contributed by atoms with Crippen molar-refractivity contribution in [2.75, 3.05) is 18.4 Å². The number of benzene rings is 1. The van der Waals surface area contributed by atoms with Gasteiger partial charge in [0.15, 0.2) is 0 Å². The molecule has 7 nitrogen and oxygen atoms in total. The maximum absolute atomic E-state index is 12.9. The lowest BCUT2D eigenvalue weighted by Gasteiger charge is -2.59. The molecule has 2 atom stereocenters. The van der Waals surface area contributed by atoms with E-state index in [1.807, 2.05) is 0 Å². The molecule has 164 valence electrons. The number of hydrogen-bond acceptors (Lipinski definition) is 5. The normalized spacial score (nSPS) is 32.1. The number of carbonyl (C=O) groups excluding carboxylic acids is 1. The summed E-state index contributed by atoms with van der Waals surface area (Å²) >= 11 is 0. The quantitative estimate of drug-likeness (QED) is 0.366. The van der Waals surface area contributed by atoms with Gasteiger partial charge >= 0.3 is 6.18 Å². The monoisotopic (exact) mass is 427 g/mol. The summed E-state index contributed by atoms with van der Waals surface area (Å²) in [5.41, 5.74) is -3.10. The molecule has 4 saturated carbocycles. The SMILES string of the molecule is O=C(NCCNc1ccc(C(F)(F)F)cc1[N+](=O)[O-])C12C[C@H]3C[C@@H](CC(O)(C3)C1)C2. The largest absolute Gasteiger partial charge is 0.416 e. The van der Waals surface area contributed by atoms with Gasteiger partial charge in [0.05, 0.1) is 21.5 Å². The molecule has 4 bridgehead atoms. The van der Waals surface area contributed by atoms with Gasteiger partial charge < -0.3 is 15.7 Å². The van der Waals surface area contributed by atoms with Crippen molar-refractivity contribution in [2.45, 2.75) is 50.3 Å². The molecule has 1 aromatic carbocycles. The zero-order valence-corrected chi connectivity index (χ0v) is 16.3. The lowest BCUT2D eigenvalue weighted by Crippen LogP contribution is -2.60. The van der Waals surface area contributed by atoms with Crippen LogP contribution in [-0.4, -0.2) is 34.6 Å². The van der Waals surface area contributed by atoms with Gasteiger partial charge in [0, 0.05) is 19.2 Å². The van der Waals surface area contributed by atoms with E-state index in [-0.39, 0.29) is 24.7 Å². The fraction of sp³-hybridized carbons (Fsp3) is 0.650. The van der Waals surface area contributed by atoms with E-state index in [2.05, 4.69) is 10.6 Å². The van der Waals surface area contributed by atoms with Crippen molar-refractivity contribution in [3.05, 3.63) is 33.9 Å². The Kier molecular flexibility index (Phi) is 4.95. The number of nitrogens with zero attached hydrogens (tertiary/aromatic N) is 1. The van der Waals surface area contributed by atoms with Crippen LogP contribution in [0, 0.1) is 27.4 Å². The Morgan fingerprint density at radius 2 is 1.87 bits per heavy atom. The van der Waals surface area contributed by atoms with Crippen molar-refractivity contribution in [3.63, 3.8) is 0 Å². The van der Waals surface area contributed by atoms with E-state index < -0.39 is 33.4 Å². The van der Waals surface area contributed by atoms with Gasteiger partial charge in [-0.2, -0.15) is 13.2 Å². The molecular formula is C20H24F3N3O4. The molecule has 4 aliphatic rings. The Balaban J connectivity index is 1.35. The maximum atomic E-state index is 12.9. The molecule has 3 N–H and O–H groups in total. The van der Waals surface area contributed by atoms with Crippen LogP contribution in [0.2, 0.25) is 0 Å². The van der Waals surface area contributed by atoms with E-state index in [0.717, 1.165) is 44.2 Å². The Morgan fingerprint density at radius 1 is 1.20 bits per heavy atom. The number of aliphatic hydroxyl groups is 1. The molecule has 0 aromatic heterocycles. The first-order chi connectivity index (χ1) is 14.0. The summed E-state index contributed by atoms with van der Waals surface area (Å²) in [6.45, 7) is 0.303. The van der Waals surface area contributed by atoms with Gasteiger partial charge in [-0.1, -0.05) is 0 Å². The number of anilines is 1. The van der Waals surface area contributed by atoms with Crippen molar-refractivity contribution in [1.29, 1.82) is 0 Å². The third kappa shape index (κ3) is 3.84. The Bertz CT molecular complexity index is 859. The van der Waals surface area contributed by atoms with Gasteiger partial charge in [0.1, 0.15) is 5.69 Å². The van der Waals surface area contributed by atoms with Crippen LogP contribution < -0.4 is 10.6 Å². The van der Waals surface area contributed by atoms with E-state index in [1.54, 1.807) is 0 Å². The van der Waals surface area contributed by atoms with Crippen LogP contribution in [0.4, 0.5) is 24.5 Å². The fourth-order valence-electron chi connectivity index (χ4n) is 6.05. The summed E-state index contributed by atoms with van der Waals surface area (Å²) in [4.78, 5) is 23.2. The molecule has 0 radical (unpaired) electrons. The summed E-state index contributed by atoms with van der Waals surface area (Å²) in [6, 6.07) is 2.30. The Morgan fingerprint density at radius 3 is 2.43 bits per heavy atom. The minimum Gasteiger partial charge on any atom is -0.390 e. The van der Waals surface area contributed by atoms with Gasteiger partial charge in [-0.25, -0.2) is 0 Å². The molecule has 0 saturated heterocycles. The lowest BCUT2D eigenvalue weighted by atomic mass is 9.47. The van der Waals surface area contributed by atoms with Crippen LogP contribution in [-0.2, 0) is 11.0 Å². The van der Waals surface area contributed by atoms with Gasteiger partial charge in [-0.15, -0.1) is 0 Å². The van der Waals surface area contributed by atoms with E-state index in [4.69, 9.17) is 0 Å². The highest BCUT2D eigenvalue weighted by atomic mass is 19.4. The molecule has 10 heteroatoms. The predicted octanol–water partition coefficient (Wildman–Crippen LogP) is 3.47. The second-order valence-corrected chi connectivity index (χ2v) is 9.14. The van der Waals surface area contributed by atoms with Crippen LogP contribution in [0.1, 0.15) is 44.1 Å². The number of carbonyl (C=O) groups is 1. The molecule has 4 aliphatic carbocycles. The van der Waals surface area contributed by atoms with Crippen LogP contribution in [0.25, 0.3) is 0 Å². The molecule has 0 unspecified atom stereocenters. The highest BCUT2D eigenvalue weighted by Crippen LogP contribution is 2.61.